The maximum absolute atomic E-state index is 5.93. The molecule has 0 fully saturated rings. The van der Waals surface area contributed by atoms with Crippen LogP contribution in [0, 0.1) is 0 Å². The normalized spacial score (nSPS) is 12.3. The summed E-state index contributed by atoms with van der Waals surface area (Å²) >= 11 is 0. The van der Waals surface area contributed by atoms with Gasteiger partial charge >= 0.3 is 0 Å². The lowest BCUT2D eigenvalue weighted by atomic mass is 9.97. The zero-order valence-electron chi connectivity index (χ0n) is 12.2. The smallest absolute Gasteiger partial charge is 0.193 e. The Hall–Kier alpha value is -1.56. The lowest BCUT2D eigenvalue weighted by Crippen LogP contribution is -2.23. The van der Waals surface area contributed by atoms with Gasteiger partial charge in [-0.05, 0) is 24.1 Å². The molecule has 0 saturated heterocycles. The molecule has 1 unspecified atom stereocenters. The molecule has 2 aromatic rings. The van der Waals surface area contributed by atoms with Gasteiger partial charge in [0.05, 0.1) is 0 Å². The van der Waals surface area contributed by atoms with Crippen LogP contribution in [0.2, 0.25) is 0 Å². The highest BCUT2D eigenvalue weighted by Crippen LogP contribution is 2.19. The molecule has 0 bridgehead atoms. The van der Waals surface area contributed by atoms with Gasteiger partial charge in [0, 0.05) is 18.2 Å². The monoisotopic (exact) mass is 395 g/mol. The van der Waals surface area contributed by atoms with Crippen LogP contribution < -0.4 is 11.1 Å². The van der Waals surface area contributed by atoms with Crippen molar-refractivity contribution in [1.82, 2.24) is 0 Å². The zero-order chi connectivity index (χ0) is 14.2. The van der Waals surface area contributed by atoms with E-state index in [4.69, 9.17) is 5.73 Å². The molecule has 0 radical (unpaired) electrons. The molecule has 4 heteroatoms. The van der Waals surface area contributed by atoms with Crippen molar-refractivity contribution >= 4 is 35.6 Å². The van der Waals surface area contributed by atoms with Crippen LogP contribution in [0.25, 0.3) is 0 Å². The summed E-state index contributed by atoms with van der Waals surface area (Å²) in [7, 11) is 0. The third-order valence-electron chi connectivity index (χ3n) is 3.29. The Labute approximate surface area is 143 Å². The maximum Gasteiger partial charge on any atom is 0.193 e. The van der Waals surface area contributed by atoms with Crippen LogP contribution in [0.1, 0.15) is 24.8 Å². The highest BCUT2D eigenvalue weighted by atomic mass is 127. The van der Waals surface area contributed by atoms with E-state index in [1.165, 1.54) is 5.56 Å². The SMILES string of the molecule is CCC(CN=C(N)Nc1ccccc1)c1ccccc1.I. The lowest BCUT2D eigenvalue weighted by molar-refractivity contribution is 0.675. The Morgan fingerprint density at radius 1 is 1.05 bits per heavy atom. The van der Waals surface area contributed by atoms with E-state index in [-0.39, 0.29) is 24.0 Å². The second kappa shape index (κ2) is 9.39. The molecule has 3 N–H and O–H groups in total. The van der Waals surface area contributed by atoms with E-state index < -0.39 is 0 Å². The third kappa shape index (κ3) is 5.75. The summed E-state index contributed by atoms with van der Waals surface area (Å²) in [4.78, 5) is 4.45. The molecular weight excluding hydrogens is 373 g/mol. The van der Waals surface area contributed by atoms with Crippen molar-refractivity contribution in [2.24, 2.45) is 10.7 Å². The molecule has 0 spiro atoms. The number of anilines is 1. The highest BCUT2D eigenvalue weighted by molar-refractivity contribution is 14.0. The van der Waals surface area contributed by atoms with Gasteiger partial charge in [-0.15, -0.1) is 24.0 Å². The predicted octanol–water partition coefficient (Wildman–Crippen LogP) is 4.23. The number of rotatable bonds is 5. The summed E-state index contributed by atoms with van der Waals surface area (Å²) in [5.74, 6) is 0.873. The Bertz CT molecular complexity index is 540. The van der Waals surface area contributed by atoms with Gasteiger partial charge in [0.15, 0.2) is 5.96 Å². The number of halogens is 1. The van der Waals surface area contributed by atoms with Gasteiger partial charge < -0.3 is 11.1 Å². The van der Waals surface area contributed by atoms with Gasteiger partial charge in [0.2, 0.25) is 0 Å². The lowest BCUT2D eigenvalue weighted by Gasteiger charge is -2.13. The standard InChI is InChI=1S/C17H21N3.HI/c1-2-14(15-9-5-3-6-10-15)13-19-17(18)20-16-11-7-4-8-12-16;/h3-12,14H,2,13H2,1H3,(H3,18,19,20);1H. The summed E-state index contributed by atoms with van der Waals surface area (Å²) in [6, 6.07) is 20.3. The first-order chi connectivity index (χ1) is 9.79. The number of benzene rings is 2. The molecule has 2 rings (SSSR count). The van der Waals surface area contributed by atoms with E-state index in [9.17, 15) is 0 Å². The Morgan fingerprint density at radius 3 is 2.19 bits per heavy atom. The fourth-order valence-corrected chi connectivity index (χ4v) is 2.11. The fraction of sp³-hybridized carbons (Fsp3) is 0.235. The molecule has 3 nitrogen and oxygen atoms in total. The number of nitrogens with zero attached hydrogens (tertiary/aromatic N) is 1. The largest absolute Gasteiger partial charge is 0.370 e. The molecule has 21 heavy (non-hydrogen) atoms. The highest BCUT2D eigenvalue weighted by Gasteiger charge is 2.08. The van der Waals surface area contributed by atoms with Gasteiger partial charge in [0.25, 0.3) is 0 Å². The number of aliphatic imine (C=N–C) groups is 1. The number of guanidine groups is 1. The van der Waals surface area contributed by atoms with Crippen molar-refractivity contribution in [2.45, 2.75) is 19.3 Å². The quantitative estimate of drug-likeness (QED) is 0.452. The first-order valence-corrected chi connectivity index (χ1v) is 6.96. The number of para-hydroxylation sites is 1. The Morgan fingerprint density at radius 2 is 1.62 bits per heavy atom. The minimum absolute atomic E-state index is 0. The van der Waals surface area contributed by atoms with Crippen molar-refractivity contribution in [3.05, 3.63) is 66.2 Å². The molecule has 112 valence electrons. The maximum atomic E-state index is 5.93. The zero-order valence-corrected chi connectivity index (χ0v) is 14.5. The van der Waals surface area contributed by atoms with Crippen LogP contribution in [0.3, 0.4) is 0 Å². The van der Waals surface area contributed by atoms with E-state index in [2.05, 4.69) is 41.5 Å². The van der Waals surface area contributed by atoms with Crippen LogP contribution in [0.4, 0.5) is 5.69 Å². The number of hydrogen-bond acceptors (Lipinski definition) is 1. The van der Waals surface area contributed by atoms with Gasteiger partial charge in [-0.1, -0.05) is 55.5 Å². The Kier molecular flexibility index (Phi) is 7.82. The van der Waals surface area contributed by atoms with Crippen molar-refractivity contribution in [2.75, 3.05) is 11.9 Å². The average Bonchev–Trinajstić information content (AvgIpc) is 2.50. The minimum Gasteiger partial charge on any atom is -0.370 e. The molecular formula is C17H22IN3. The van der Waals surface area contributed by atoms with E-state index in [1.54, 1.807) is 0 Å². The summed E-state index contributed by atoms with van der Waals surface area (Å²) in [5.41, 5.74) is 8.20. The fourth-order valence-electron chi connectivity index (χ4n) is 2.11. The van der Waals surface area contributed by atoms with Crippen molar-refractivity contribution in [3.63, 3.8) is 0 Å². The van der Waals surface area contributed by atoms with E-state index in [0.29, 0.717) is 18.4 Å². The minimum atomic E-state index is 0. The van der Waals surface area contributed by atoms with Gasteiger partial charge in [0.1, 0.15) is 0 Å². The van der Waals surface area contributed by atoms with Crippen molar-refractivity contribution in [1.29, 1.82) is 0 Å². The van der Waals surface area contributed by atoms with Crippen LogP contribution in [0.15, 0.2) is 65.7 Å². The molecule has 0 aromatic heterocycles. The predicted molar refractivity (Wildman–Crippen MR) is 101 cm³/mol. The molecule has 0 aliphatic heterocycles. The molecule has 0 amide bonds. The number of hydrogen-bond donors (Lipinski definition) is 2. The van der Waals surface area contributed by atoms with E-state index in [0.717, 1.165) is 12.1 Å². The second-order valence-electron chi connectivity index (χ2n) is 4.73. The number of nitrogens with one attached hydrogen (secondary N) is 1. The number of nitrogens with two attached hydrogens (primary N) is 1. The molecule has 2 aromatic carbocycles. The van der Waals surface area contributed by atoms with Crippen LogP contribution in [-0.4, -0.2) is 12.5 Å². The summed E-state index contributed by atoms with van der Waals surface area (Å²) < 4.78 is 0. The molecule has 0 aliphatic carbocycles. The Balaban J connectivity index is 0.00000220. The average molecular weight is 395 g/mol. The van der Waals surface area contributed by atoms with E-state index in [1.807, 2.05) is 36.4 Å². The van der Waals surface area contributed by atoms with Gasteiger partial charge in [-0.25, -0.2) is 0 Å². The molecule has 1 atom stereocenters. The van der Waals surface area contributed by atoms with Crippen LogP contribution >= 0.6 is 24.0 Å². The van der Waals surface area contributed by atoms with Crippen molar-refractivity contribution in [3.8, 4) is 0 Å². The third-order valence-corrected chi connectivity index (χ3v) is 3.29. The van der Waals surface area contributed by atoms with Crippen LogP contribution in [0.5, 0.6) is 0 Å². The summed E-state index contributed by atoms with van der Waals surface area (Å²) in [6.07, 6.45) is 1.05. The molecule has 0 saturated carbocycles. The molecule has 0 heterocycles. The second-order valence-corrected chi connectivity index (χ2v) is 4.73. The van der Waals surface area contributed by atoms with Crippen LogP contribution in [-0.2, 0) is 0 Å². The van der Waals surface area contributed by atoms with Crippen molar-refractivity contribution < 1.29 is 0 Å². The first kappa shape index (κ1) is 17.5. The summed E-state index contributed by atoms with van der Waals surface area (Å²) in [6.45, 7) is 2.88. The molecule has 0 aliphatic rings. The van der Waals surface area contributed by atoms with Gasteiger partial charge in [-0.3, -0.25) is 4.99 Å². The van der Waals surface area contributed by atoms with Gasteiger partial charge in [-0.2, -0.15) is 0 Å². The van der Waals surface area contributed by atoms with E-state index >= 15 is 0 Å². The summed E-state index contributed by atoms with van der Waals surface area (Å²) in [5, 5.41) is 3.10. The topological polar surface area (TPSA) is 50.4 Å². The first-order valence-electron chi connectivity index (χ1n) is 6.96.